The van der Waals surface area contributed by atoms with Crippen LogP contribution in [-0.4, -0.2) is 24.2 Å². The van der Waals surface area contributed by atoms with E-state index in [0.717, 1.165) is 9.86 Å². The smallest absolute Gasteiger partial charge is 0.356 e. The van der Waals surface area contributed by atoms with Crippen molar-refractivity contribution in [3.8, 4) is 5.75 Å². The molecule has 1 heterocycles. The average Bonchev–Trinajstić information content (AvgIpc) is 2.38. The standard InChI is InChI=1S/C14H14BrNO3/c1-8(2)19-12-7-11(14(17)18-3)16-13-9(12)5-4-6-10(13)15/h4-8H,1-3H3. The van der Waals surface area contributed by atoms with Crippen LogP contribution in [0.4, 0.5) is 0 Å². The molecular formula is C14H14BrNO3. The van der Waals surface area contributed by atoms with Gasteiger partial charge in [-0.25, -0.2) is 9.78 Å². The number of fused-ring (bicyclic) bond motifs is 1. The van der Waals surface area contributed by atoms with Crippen LogP contribution in [0, 0.1) is 0 Å². The van der Waals surface area contributed by atoms with Crippen LogP contribution in [0.2, 0.25) is 0 Å². The molecule has 0 spiro atoms. The molecule has 0 aliphatic rings. The molecule has 0 radical (unpaired) electrons. The zero-order chi connectivity index (χ0) is 14.0. The van der Waals surface area contributed by atoms with E-state index in [0.29, 0.717) is 11.3 Å². The molecule has 2 rings (SSSR count). The van der Waals surface area contributed by atoms with E-state index in [1.165, 1.54) is 7.11 Å². The van der Waals surface area contributed by atoms with Gasteiger partial charge in [-0.2, -0.15) is 0 Å². The van der Waals surface area contributed by atoms with E-state index >= 15 is 0 Å². The van der Waals surface area contributed by atoms with Gasteiger partial charge < -0.3 is 9.47 Å². The molecule has 0 aliphatic carbocycles. The van der Waals surface area contributed by atoms with Crippen LogP contribution in [0.25, 0.3) is 10.9 Å². The summed E-state index contributed by atoms with van der Waals surface area (Å²) in [7, 11) is 1.33. The molecule has 0 atom stereocenters. The molecule has 0 saturated heterocycles. The number of hydrogen-bond donors (Lipinski definition) is 0. The maximum absolute atomic E-state index is 11.7. The van der Waals surface area contributed by atoms with Crippen molar-refractivity contribution in [3.63, 3.8) is 0 Å². The summed E-state index contributed by atoms with van der Waals surface area (Å²) < 4.78 is 11.3. The molecule has 0 saturated carbocycles. The minimum atomic E-state index is -0.480. The van der Waals surface area contributed by atoms with Gasteiger partial charge in [0.2, 0.25) is 0 Å². The van der Waals surface area contributed by atoms with E-state index in [4.69, 9.17) is 9.47 Å². The second-order valence-corrected chi connectivity index (χ2v) is 5.15. The summed E-state index contributed by atoms with van der Waals surface area (Å²) in [6.07, 6.45) is 0.00933. The van der Waals surface area contributed by atoms with Gasteiger partial charge in [0.15, 0.2) is 5.69 Å². The number of pyridine rings is 1. The predicted molar refractivity (Wildman–Crippen MR) is 76.5 cm³/mol. The van der Waals surface area contributed by atoms with Gasteiger partial charge in [0.1, 0.15) is 5.75 Å². The Kier molecular flexibility index (Phi) is 4.04. The van der Waals surface area contributed by atoms with E-state index in [1.807, 2.05) is 32.0 Å². The molecule has 0 fully saturated rings. The highest BCUT2D eigenvalue weighted by molar-refractivity contribution is 9.10. The van der Waals surface area contributed by atoms with E-state index in [1.54, 1.807) is 6.07 Å². The monoisotopic (exact) mass is 323 g/mol. The molecule has 0 aliphatic heterocycles. The third kappa shape index (κ3) is 2.87. The number of nitrogens with zero attached hydrogens (tertiary/aromatic N) is 1. The first-order valence-electron chi connectivity index (χ1n) is 5.87. The van der Waals surface area contributed by atoms with Crippen LogP contribution in [-0.2, 0) is 4.74 Å². The topological polar surface area (TPSA) is 48.4 Å². The van der Waals surface area contributed by atoms with Crippen molar-refractivity contribution in [2.24, 2.45) is 0 Å². The third-order valence-electron chi connectivity index (χ3n) is 2.51. The third-order valence-corrected chi connectivity index (χ3v) is 3.15. The number of esters is 1. The van der Waals surface area contributed by atoms with E-state index in [9.17, 15) is 4.79 Å². The molecule has 1 aromatic heterocycles. The number of aromatic nitrogens is 1. The predicted octanol–water partition coefficient (Wildman–Crippen LogP) is 3.57. The summed E-state index contributed by atoms with van der Waals surface area (Å²) in [6, 6.07) is 7.29. The van der Waals surface area contributed by atoms with Gasteiger partial charge >= 0.3 is 5.97 Å². The summed E-state index contributed by atoms with van der Waals surface area (Å²) in [6.45, 7) is 3.87. The minimum Gasteiger partial charge on any atom is -0.490 e. The van der Waals surface area contributed by atoms with Crippen molar-refractivity contribution < 1.29 is 14.3 Å². The number of methoxy groups -OCH3 is 1. The van der Waals surface area contributed by atoms with Crippen molar-refractivity contribution in [2.75, 3.05) is 7.11 Å². The van der Waals surface area contributed by atoms with Crippen molar-refractivity contribution in [1.82, 2.24) is 4.98 Å². The number of rotatable bonds is 3. The largest absolute Gasteiger partial charge is 0.490 e. The van der Waals surface area contributed by atoms with Crippen molar-refractivity contribution in [2.45, 2.75) is 20.0 Å². The van der Waals surface area contributed by atoms with E-state index < -0.39 is 5.97 Å². The molecule has 0 N–H and O–H groups in total. The van der Waals surface area contributed by atoms with Crippen LogP contribution in [0.1, 0.15) is 24.3 Å². The minimum absolute atomic E-state index is 0.00933. The van der Waals surface area contributed by atoms with Crippen LogP contribution >= 0.6 is 15.9 Å². The van der Waals surface area contributed by atoms with Crippen LogP contribution in [0.3, 0.4) is 0 Å². The summed E-state index contributed by atoms with van der Waals surface area (Å²) in [4.78, 5) is 16.0. The lowest BCUT2D eigenvalue weighted by Crippen LogP contribution is -2.09. The molecule has 1 aromatic carbocycles. The molecule has 2 aromatic rings. The van der Waals surface area contributed by atoms with Gasteiger partial charge in [-0.1, -0.05) is 6.07 Å². The Morgan fingerprint density at radius 2 is 2.11 bits per heavy atom. The number of ether oxygens (including phenoxy) is 2. The van der Waals surface area contributed by atoms with Crippen LogP contribution < -0.4 is 4.74 Å². The number of benzene rings is 1. The second-order valence-electron chi connectivity index (χ2n) is 4.30. The van der Waals surface area contributed by atoms with Crippen molar-refractivity contribution in [1.29, 1.82) is 0 Å². The Morgan fingerprint density at radius 3 is 2.74 bits per heavy atom. The zero-order valence-corrected chi connectivity index (χ0v) is 12.5. The lowest BCUT2D eigenvalue weighted by atomic mass is 10.2. The Morgan fingerprint density at radius 1 is 1.37 bits per heavy atom. The quantitative estimate of drug-likeness (QED) is 0.810. The van der Waals surface area contributed by atoms with Gasteiger partial charge in [0, 0.05) is 15.9 Å². The summed E-state index contributed by atoms with van der Waals surface area (Å²) in [5.74, 6) is 0.146. The number of carbonyl (C=O) groups is 1. The second kappa shape index (κ2) is 5.57. The van der Waals surface area contributed by atoms with E-state index in [-0.39, 0.29) is 11.8 Å². The Bertz CT molecular complexity index is 625. The zero-order valence-electron chi connectivity index (χ0n) is 10.9. The number of carbonyl (C=O) groups excluding carboxylic acids is 1. The van der Waals surface area contributed by atoms with Gasteiger partial charge in [-0.3, -0.25) is 0 Å². The fourth-order valence-electron chi connectivity index (χ4n) is 1.74. The average molecular weight is 324 g/mol. The Hall–Kier alpha value is -1.62. The molecule has 0 bridgehead atoms. The number of para-hydroxylation sites is 1. The van der Waals surface area contributed by atoms with Gasteiger partial charge in [0.25, 0.3) is 0 Å². The lowest BCUT2D eigenvalue weighted by molar-refractivity contribution is 0.0593. The fraction of sp³-hybridized carbons (Fsp3) is 0.286. The summed E-state index contributed by atoms with van der Waals surface area (Å²) in [5, 5.41) is 0.857. The first kappa shape index (κ1) is 13.8. The summed E-state index contributed by atoms with van der Waals surface area (Å²) in [5.41, 5.74) is 0.915. The van der Waals surface area contributed by atoms with Crippen LogP contribution in [0.5, 0.6) is 5.75 Å². The molecule has 0 amide bonds. The SMILES string of the molecule is COC(=O)c1cc(OC(C)C)c2cccc(Br)c2n1. The molecule has 19 heavy (non-hydrogen) atoms. The van der Waals surface area contributed by atoms with Gasteiger partial charge in [0.05, 0.1) is 18.7 Å². The first-order valence-corrected chi connectivity index (χ1v) is 6.66. The Labute approximate surface area is 119 Å². The highest BCUT2D eigenvalue weighted by Gasteiger charge is 2.15. The molecule has 5 heteroatoms. The number of hydrogen-bond acceptors (Lipinski definition) is 4. The van der Waals surface area contributed by atoms with Gasteiger partial charge in [-0.05, 0) is 41.9 Å². The first-order chi connectivity index (χ1) is 9.02. The van der Waals surface area contributed by atoms with Crippen LogP contribution in [0.15, 0.2) is 28.7 Å². The van der Waals surface area contributed by atoms with Crippen molar-refractivity contribution >= 4 is 32.8 Å². The molecule has 100 valence electrons. The normalized spacial score (nSPS) is 10.8. The number of halogens is 1. The van der Waals surface area contributed by atoms with Gasteiger partial charge in [-0.15, -0.1) is 0 Å². The Balaban J connectivity index is 2.69. The molecule has 4 nitrogen and oxygen atoms in total. The molecular weight excluding hydrogens is 310 g/mol. The highest BCUT2D eigenvalue weighted by Crippen LogP contribution is 2.31. The highest BCUT2D eigenvalue weighted by atomic mass is 79.9. The lowest BCUT2D eigenvalue weighted by Gasteiger charge is -2.13. The van der Waals surface area contributed by atoms with Crippen molar-refractivity contribution in [3.05, 3.63) is 34.4 Å². The molecule has 0 unspecified atom stereocenters. The maximum Gasteiger partial charge on any atom is 0.356 e. The fourth-order valence-corrected chi connectivity index (χ4v) is 2.20. The summed E-state index contributed by atoms with van der Waals surface area (Å²) >= 11 is 3.43. The maximum atomic E-state index is 11.7. The van der Waals surface area contributed by atoms with E-state index in [2.05, 4.69) is 20.9 Å².